The van der Waals surface area contributed by atoms with Crippen LogP contribution in [0.25, 0.3) is 0 Å². The molecule has 0 atom stereocenters. The Morgan fingerprint density at radius 2 is 2.44 bits per heavy atom. The number of pyridine rings is 1. The quantitative estimate of drug-likeness (QED) is 0.794. The van der Waals surface area contributed by atoms with Crippen LogP contribution in [-0.2, 0) is 0 Å². The van der Waals surface area contributed by atoms with Crippen molar-refractivity contribution in [2.24, 2.45) is 0 Å². The number of aromatic amines is 1. The monoisotopic (exact) mass is 234 g/mol. The van der Waals surface area contributed by atoms with Gasteiger partial charge >= 0.3 is 0 Å². The molecule has 0 aromatic carbocycles. The van der Waals surface area contributed by atoms with Gasteiger partial charge in [0.1, 0.15) is 0 Å². The molecular formula is C10H10N4OS. The van der Waals surface area contributed by atoms with Crippen molar-refractivity contribution in [2.75, 3.05) is 11.6 Å². The fraction of sp³-hybridized carbons (Fsp3) is 0.100. The summed E-state index contributed by atoms with van der Waals surface area (Å²) < 4.78 is 0. The fourth-order valence-electron chi connectivity index (χ4n) is 1.18. The highest BCUT2D eigenvalue weighted by molar-refractivity contribution is 7.98. The molecule has 0 aliphatic heterocycles. The standard InChI is InChI=1S/C10H10N4OS/c1-16-9-4-7(2-3-11-9)10(15)14-8-5-12-13-6-8/h2-6H,1H3,(H,12,13)(H,14,15). The first-order valence-electron chi connectivity index (χ1n) is 4.60. The fourth-order valence-corrected chi connectivity index (χ4v) is 1.60. The topological polar surface area (TPSA) is 70.7 Å². The smallest absolute Gasteiger partial charge is 0.255 e. The molecule has 0 aliphatic carbocycles. The number of rotatable bonds is 3. The van der Waals surface area contributed by atoms with E-state index in [2.05, 4.69) is 20.5 Å². The van der Waals surface area contributed by atoms with Gasteiger partial charge in [0, 0.05) is 18.0 Å². The number of thioether (sulfide) groups is 1. The summed E-state index contributed by atoms with van der Waals surface area (Å²) in [6.45, 7) is 0. The average Bonchev–Trinajstić information content (AvgIpc) is 2.82. The van der Waals surface area contributed by atoms with E-state index >= 15 is 0 Å². The second kappa shape index (κ2) is 4.80. The molecule has 0 saturated heterocycles. The SMILES string of the molecule is CSc1cc(C(=O)Nc2cn[nH]c2)ccn1. The van der Waals surface area contributed by atoms with Gasteiger partial charge in [-0.2, -0.15) is 5.10 Å². The Kier molecular flexibility index (Phi) is 3.21. The molecule has 5 nitrogen and oxygen atoms in total. The van der Waals surface area contributed by atoms with Gasteiger partial charge in [-0.05, 0) is 18.4 Å². The van der Waals surface area contributed by atoms with Crippen LogP contribution in [0.15, 0.2) is 35.7 Å². The van der Waals surface area contributed by atoms with Crippen molar-refractivity contribution < 1.29 is 4.79 Å². The molecule has 2 N–H and O–H groups in total. The number of hydrogen-bond donors (Lipinski definition) is 2. The Labute approximate surface area is 96.7 Å². The molecule has 0 fully saturated rings. The van der Waals surface area contributed by atoms with Gasteiger partial charge in [0.15, 0.2) is 0 Å². The van der Waals surface area contributed by atoms with E-state index in [1.54, 1.807) is 30.7 Å². The summed E-state index contributed by atoms with van der Waals surface area (Å²) in [4.78, 5) is 15.9. The molecule has 16 heavy (non-hydrogen) atoms. The zero-order chi connectivity index (χ0) is 11.4. The number of H-pyrrole nitrogens is 1. The van der Waals surface area contributed by atoms with Crippen LogP contribution in [0.3, 0.4) is 0 Å². The maximum atomic E-state index is 11.8. The van der Waals surface area contributed by atoms with Gasteiger partial charge in [-0.1, -0.05) is 0 Å². The number of anilines is 1. The van der Waals surface area contributed by atoms with Crippen LogP contribution < -0.4 is 5.32 Å². The molecule has 2 rings (SSSR count). The van der Waals surface area contributed by atoms with E-state index in [0.29, 0.717) is 11.3 Å². The zero-order valence-corrected chi connectivity index (χ0v) is 9.41. The number of carbonyl (C=O) groups excluding carboxylic acids is 1. The summed E-state index contributed by atoms with van der Waals surface area (Å²) in [6, 6.07) is 3.43. The second-order valence-electron chi connectivity index (χ2n) is 3.03. The van der Waals surface area contributed by atoms with E-state index in [1.165, 1.54) is 11.8 Å². The molecule has 6 heteroatoms. The van der Waals surface area contributed by atoms with Crippen LogP contribution in [0.1, 0.15) is 10.4 Å². The number of aromatic nitrogens is 3. The van der Waals surface area contributed by atoms with E-state index < -0.39 is 0 Å². The van der Waals surface area contributed by atoms with E-state index in [0.717, 1.165) is 5.03 Å². The molecule has 0 bridgehead atoms. The van der Waals surface area contributed by atoms with Crippen LogP contribution in [0, 0.1) is 0 Å². The molecule has 1 amide bonds. The third-order valence-electron chi connectivity index (χ3n) is 1.96. The number of carbonyl (C=O) groups is 1. The Bertz CT molecular complexity index is 483. The first-order valence-corrected chi connectivity index (χ1v) is 5.82. The first-order chi connectivity index (χ1) is 7.79. The van der Waals surface area contributed by atoms with Gasteiger partial charge in [-0.25, -0.2) is 4.98 Å². The Morgan fingerprint density at radius 1 is 1.56 bits per heavy atom. The van der Waals surface area contributed by atoms with Gasteiger partial charge in [-0.3, -0.25) is 9.89 Å². The molecule has 0 radical (unpaired) electrons. The average molecular weight is 234 g/mol. The van der Waals surface area contributed by atoms with Crippen LogP contribution in [0.2, 0.25) is 0 Å². The molecule has 2 aromatic rings. The molecule has 0 unspecified atom stereocenters. The lowest BCUT2D eigenvalue weighted by Crippen LogP contribution is -2.11. The maximum absolute atomic E-state index is 11.8. The summed E-state index contributed by atoms with van der Waals surface area (Å²) >= 11 is 1.50. The van der Waals surface area contributed by atoms with E-state index in [9.17, 15) is 4.79 Å². The first kappa shape index (κ1) is 10.7. The number of amides is 1. The summed E-state index contributed by atoms with van der Waals surface area (Å²) in [7, 11) is 0. The van der Waals surface area contributed by atoms with Crippen molar-refractivity contribution in [3.05, 3.63) is 36.3 Å². The van der Waals surface area contributed by atoms with Crippen LogP contribution in [0.5, 0.6) is 0 Å². The number of nitrogens with one attached hydrogen (secondary N) is 2. The number of hydrogen-bond acceptors (Lipinski definition) is 4. The molecule has 0 saturated carbocycles. The van der Waals surface area contributed by atoms with Gasteiger partial charge in [0.2, 0.25) is 0 Å². The minimum atomic E-state index is -0.167. The second-order valence-corrected chi connectivity index (χ2v) is 3.85. The predicted molar refractivity (Wildman–Crippen MR) is 62.6 cm³/mol. The van der Waals surface area contributed by atoms with Crippen LogP contribution in [-0.4, -0.2) is 27.3 Å². The highest BCUT2D eigenvalue weighted by Gasteiger charge is 2.07. The summed E-state index contributed by atoms with van der Waals surface area (Å²) in [5.41, 5.74) is 1.23. The third-order valence-corrected chi connectivity index (χ3v) is 2.60. The Balaban J connectivity index is 2.14. The summed E-state index contributed by atoms with van der Waals surface area (Å²) in [5.74, 6) is -0.167. The van der Waals surface area contributed by atoms with Gasteiger partial charge in [-0.15, -0.1) is 11.8 Å². The molecular weight excluding hydrogens is 224 g/mol. The van der Waals surface area contributed by atoms with Crippen LogP contribution in [0.4, 0.5) is 5.69 Å². The highest BCUT2D eigenvalue weighted by atomic mass is 32.2. The normalized spacial score (nSPS) is 10.1. The van der Waals surface area contributed by atoms with Gasteiger partial charge < -0.3 is 5.32 Å². The predicted octanol–water partition coefficient (Wildman–Crippen LogP) is 1.78. The van der Waals surface area contributed by atoms with Crippen molar-refractivity contribution in [1.29, 1.82) is 0 Å². The van der Waals surface area contributed by atoms with Gasteiger partial charge in [0.05, 0.1) is 16.9 Å². The lowest BCUT2D eigenvalue weighted by molar-refractivity contribution is 0.102. The van der Waals surface area contributed by atoms with E-state index in [-0.39, 0.29) is 5.91 Å². The maximum Gasteiger partial charge on any atom is 0.255 e. The summed E-state index contributed by atoms with van der Waals surface area (Å²) in [5, 5.41) is 9.91. The van der Waals surface area contributed by atoms with Crippen molar-refractivity contribution in [3.8, 4) is 0 Å². The Morgan fingerprint density at radius 3 is 3.12 bits per heavy atom. The number of nitrogens with zero attached hydrogens (tertiary/aromatic N) is 2. The molecule has 2 heterocycles. The molecule has 0 aliphatic rings. The zero-order valence-electron chi connectivity index (χ0n) is 8.60. The molecule has 0 spiro atoms. The van der Waals surface area contributed by atoms with Gasteiger partial charge in [0.25, 0.3) is 5.91 Å². The molecule has 82 valence electrons. The lowest BCUT2D eigenvalue weighted by atomic mass is 10.2. The minimum absolute atomic E-state index is 0.167. The van der Waals surface area contributed by atoms with Crippen LogP contribution >= 0.6 is 11.8 Å². The van der Waals surface area contributed by atoms with Crippen molar-refractivity contribution in [1.82, 2.24) is 15.2 Å². The largest absolute Gasteiger partial charge is 0.319 e. The van der Waals surface area contributed by atoms with E-state index in [1.807, 2.05) is 6.26 Å². The summed E-state index contributed by atoms with van der Waals surface area (Å²) in [6.07, 6.45) is 6.71. The van der Waals surface area contributed by atoms with E-state index in [4.69, 9.17) is 0 Å². The molecule has 2 aromatic heterocycles. The minimum Gasteiger partial charge on any atom is -0.319 e. The Hall–Kier alpha value is -1.82. The third kappa shape index (κ3) is 2.40. The van der Waals surface area contributed by atoms with Crippen molar-refractivity contribution in [3.63, 3.8) is 0 Å². The van der Waals surface area contributed by atoms with Crippen molar-refractivity contribution in [2.45, 2.75) is 5.03 Å². The lowest BCUT2D eigenvalue weighted by Gasteiger charge is -2.02. The van der Waals surface area contributed by atoms with Crippen molar-refractivity contribution >= 4 is 23.4 Å². The highest BCUT2D eigenvalue weighted by Crippen LogP contribution is 2.13.